The van der Waals surface area contributed by atoms with E-state index in [1.807, 2.05) is 0 Å². The second kappa shape index (κ2) is 8.27. The Balaban J connectivity index is 1.31. The van der Waals surface area contributed by atoms with Crippen molar-refractivity contribution in [3.8, 4) is 11.5 Å². The molecule has 158 valence electrons. The van der Waals surface area contributed by atoms with Crippen LogP contribution in [0, 0.1) is 0 Å². The van der Waals surface area contributed by atoms with Gasteiger partial charge in [0.25, 0.3) is 5.91 Å². The molecule has 1 unspecified atom stereocenters. The van der Waals surface area contributed by atoms with Crippen molar-refractivity contribution < 1.29 is 19.0 Å². The number of hydrogen-bond donors (Lipinski definition) is 1. The number of anilines is 1. The molecule has 0 bridgehead atoms. The summed E-state index contributed by atoms with van der Waals surface area (Å²) in [7, 11) is 1.57. The minimum atomic E-state index is -0.302. The molecule has 31 heavy (non-hydrogen) atoms. The van der Waals surface area contributed by atoms with E-state index in [4.69, 9.17) is 14.2 Å². The van der Waals surface area contributed by atoms with Crippen LogP contribution in [-0.4, -0.2) is 52.3 Å². The molecule has 0 spiro atoms. The predicted octanol–water partition coefficient (Wildman–Crippen LogP) is 2.87. The minimum absolute atomic E-state index is 0.0987. The molecular formula is C22H21N5O4. The summed E-state index contributed by atoms with van der Waals surface area (Å²) in [6.07, 6.45) is 7.86. The van der Waals surface area contributed by atoms with Crippen molar-refractivity contribution in [2.45, 2.75) is 25.4 Å². The summed E-state index contributed by atoms with van der Waals surface area (Å²) in [4.78, 5) is 29.7. The number of carbonyl (C=O) groups excluding carboxylic acids is 1. The summed E-state index contributed by atoms with van der Waals surface area (Å²) in [6, 6.07) is 5.28. The van der Waals surface area contributed by atoms with E-state index in [9.17, 15) is 4.79 Å². The molecular weight excluding hydrogens is 398 g/mol. The van der Waals surface area contributed by atoms with Crippen LogP contribution in [0.25, 0.3) is 22.7 Å². The van der Waals surface area contributed by atoms with Crippen LogP contribution in [0.2, 0.25) is 0 Å². The molecule has 1 amide bonds. The maximum atomic E-state index is 13.0. The molecule has 1 saturated heterocycles. The number of carbonyl (C=O) groups is 1. The number of rotatable bonds is 6. The van der Waals surface area contributed by atoms with Crippen LogP contribution in [0.15, 0.2) is 30.9 Å². The lowest BCUT2D eigenvalue weighted by Crippen LogP contribution is -2.25. The number of ether oxygens (including phenoxy) is 3. The van der Waals surface area contributed by atoms with E-state index in [1.165, 1.54) is 12.7 Å². The van der Waals surface area contributed by atoms with Crippen molar-refractivity contribution in [1.29, 1.82) is 0 Å². The van der Waals surface area contributed by atoms with Crippen LogP contribution in [0.5, 0.6) is 11.5 Å². The molecule has 1 atom stereocenters. The number of benzene rings is 1. The van der Waals surface area contributed by atoms with Gasteiger partial charge < -0.3 is 19.5 Å². The molecule has 9 heteroatoms. The van der Waals surface area contributed by atoms with Crippen molar-refractivity contribution in [3.63, 3.8) is 0 Å². The third kappa shape index (κ3) is 3.79. The Morgan fingerprint density at radius 1 is 1.16 bits per heavy atom. The van der Waals surface area contributed by atoms with Gasteiger partial charge in [0.15, 0.2) is 17.1 Å². The highest BCUT2D eigenvalue weighted by atomic mass is 16.5. The van der Waals surface area contributed by atoms with Crippen molar-refractivity contribution in [1.82, 2.24) is 19.9 Å². The second-order valence-corrected chi connectivity index (χ2v) is 7.36. The fraction of sp³-hybridized carbons (Fsp3) is 0.318. The van der Waals surface area contributed by atoms with Gasteiger partial charge >= 0.3 is 0 Å². The number of hydrogen-bond acceptors (Lipinski definition) is 8. The third-order valence-corrected chi connectivity index (χ3v) is 5.36. The van der Waals surface area contributed by atoms with E-state index in [0.29, 0.717) is 51.8 Å². The monoisotopic (exact) mass is 419 g/mol. The Morgan fingerprint density at radius 2 is 2.03 bits per heavy atom. The Hall–Kier alpha value is -3.59. The fourth-order valence-corrected chi connectivity index (χ4v) is 3.80. The Morgan fingerprint density at radius 3 is 2.84 bits per heavy atom. The molecule has 9 nitrogen and oxygen atoms in total. The quantitative estimate of drug-likeness (QED) is 0.650. The summed E-state index contributed by atoms with van der Waals surface area (Å²) in [6.45, 7) is 1.25. The van der Waals surface area contributed by atoms with Crippen molar-refractivity contribution in [3.05, 3.63) is 42.2 Å². The van der Waals surface area contributed by atoms with E-state index >= 15 is 0 Å². The molecule has 1 aromatic carbocycles. The van der Waals surface area contributed by atoms with Crippen LogP contribution in [0.3, 0.4) is 0 Å². The summed E-state index contributed by atoms with van der Waals surface area (Å²) < 4.78 is 17.1. The van der Waals surface area contributed by atoms with Gasteiger partial charge in [-0.15, -0.1) is 0 Å². The molecule has 2 aliphatic rings. The van der Waals surface area contributed by atoms with Gasteiger partial charge in [0.1, 0.15) is 19.3 Å². The highest BCUT2D eigenvalue weighted by molar-refractivity contribution is 6.33. The van der Waals surface area contributed by atoms with Gasteiger partial charge in [-0.1, -0.05) is 0 Å². The lowest BCUT2D eigenvalue weighted by atomic mass is 10.1. The van der Waals surface area contributed by atoms with Gasteiger partial charge in [0, 0.05) is 18.4 Å². The Labute approximate surface area is 178 Å². The number of nitrogens with one attached hydrogen (secondary N) is 1. The molecule has 2 aromatic heterocycles. The number of amides is 1. The SMILES string of the molecule is COc1cc(NC(=O)C2=Cc3ncnc4ncnc2c34)ccc1OCC1CCCCO1. The lowest BCUT2D eigenvalue weighted by Gasteiger charge is -2.23. The second-order valence-electron chi connectivity index (χ2n) is 7.36. The predicted molar refractivity (Wildman–Crippen MR) is 114 cm³/mol. The van der Waals surface area contributed by atoms with Gasteiger partial charge in [0.05, 0.1) is 35.6 Å². The summed E-state index contributed by atoms with van der Waals surface area (Å²) >= 11 is 0. The molecule has 1 aliphatic carbocycles. The first kappa shape index (κ1) is 19.4. The average molecular weight is 419 g/mol. The van der Waals surface area contributed by atoms with E-state index in [0.717, 1.165) is 25.9 Å². The largest absolute Gasteiger partial charge is 0.493 e. The number of nitrogens with zero attached hydrogens (tertiary/aromatic N) is 4. The van der Waals surface area contributed by atoms with E-state index in [-0.39, 0.29) is 12.0 Å². The molecule has 1 aliphatic heterocycles. The topological polar surface area (TPSA) is 108 Å². The first-order valence-electron chi connectivity index (χ1n) is 10.1. The summed E-state index contributed by atoms with van der Waals surface area (Å²) in [5.74, 6) is 0.840. The molecule has 5 rings (SSSR count). The summed E-state index contributed by atoms with van der Waals surface area (Å²) in [5.41, 5.74) is 2.67. The molecule has 3 aromatic rings. The summed E-state index contributed by atoms with van der Waals surface area (Å²) in [5, 5.41) is 3.57. The number of methoxy groups -OCH3 is 1. The van der Waals surface area contributed by atoms with E-state index in [1.54, 1.807) is 31.4 Å². The standard InChI is InChI=1S/C22H21N5O4/c1-29-18-8-13(5-6-17(18)31-10-14-4-2-3-7-30-14)27-22(28)15-9-16-19-20(15)24-12-26-21(19)25-11-23-16/h5-6,8-9,11-12,14H,2-4,7,10H2,1H3,(H,27,28). The zero-order valence-electron chi connectivity index (χ0n) is 17.0. The molecule has 3 heterocycles. The average Bonchev–Trinajstić information content (AvgIpc) is 3.20. The highest BCUT2D eigenvalue weighted by Crippen LogP contribution is 2.34. The molecule has 0 radical (unpaired) electrons. The first-order chi connectivity index (χ1) is 15.2. The molecule has 0 saturated carbocycles. The normalized spacial score (nSPS) is 17.3. The zero-order valence-corrected chi connectivity index (χ0v) is 17.0. The molecule has 1 fully saturated rings. The van der Waals surface area contributed by atoms with Crippen LogP contribution in [0.4, 0.5) is 5.69 Å². The zero-order chi connectivity index (χ0) is 21.2. The first-order valence-corrected chi connectivity index (χ1v) is 10.1. The third-order valence-electron chi connectivity index (χ3n) is 5.36. The smallest absolute Gasteiger partial charge is 0.257 e. The van der Waals surface area contributed by atoms with Crippen LogP contribution in [0.1, 0.15) is 30.7 Å². The van der Waals surface area contributed by atoms with Crippen LogP contribution in [-0.2, 0) is 9.53 Å². The highest BCUT2D eigenvalue weighted by Gasteiger charge is 2.25. The van der Waals surface area contributed by atoms with Gasteiger partial charge in [-0.25, -0.2) is 19.9 Å². The Kier molecular flexibility index (Phi) is 5.17. The van der Waals surface area contributed by atoms with Crippen LogP contribution >= 0.6 is 0 Å². The van der Waals surface area contributed by atoms with Crippen molar-refractivity contribution >= 4 is 34.3 Å². The lowest BCUT2D eigenvalue weighted by molar-refractivity contribution is -0.111. The van der Waals surface area contributed by atoms with Crippen molar-refractivity contribution in [2.24, 2.45) is 0 Å². The van der Waals surface area contributed by atoms with Gasteiger partial charge in [-0.05, 0) is 37.5 Å². The number of aromatic nitrogens is 4. The Bertz CT molecular complexity index is 1170. The molecule has 1 N–H and O–H groups in total. The van der Waals surface area contributed by atoms with Gasteiger partial charge in [-0.2, -0.15) is 0 Å². The van der Waals surface area contributed by atoms with Crippen LogP contribution < -0.4 is 14.8 Å². The minimum Gasteiger partial charge on any atom is -0.493 e. The van der Waals surface area contributed by atoms with E-state index < -0.39 is 0 Å². The maximum Gasteiger partial charge on any atom is 0.257 e. The van der Waals surface area contributed by atoms with Crippen molar-refractivity contribution in [2.75, 3.05) is 25.6 Å². The fourth-order valence-electron chi connectivity index (χ4n) is 3.80. The maximum absolute atomic E-state index is 13.0. The van der Waals surface area contributed by atoms with E-state index in [2.05, 4.69) is 25.3 Å². The van der Waals surface area contributed by atoms with Gasteiger partial charge in [-0.3, -0.25) is 4.79 Å². The van der Waals surface area contributed by atoms with Gasteiger partial charge in [0.2, 0.25) is 0 Å².